The number of nitrogens with one attached hydrogen (secondary N) is 1. The molecule has 140 valence electrons. The molecule has 0 aromatic carbocycles. The predicted octanol–water partition coefficient (Wildman–Crippen LogP) is -0.105. The predicted molar refractivity (Wildman–Crippen MR) is 94.5 cm³/mol. The van der Waals surface area contributed by atoms with Gasteiger partial charge in [0.2, 0.25) is 5.95 Å². The lowest BCUT2D eigenvalue weighted by Crippen LogP contribution is -2.50. The van der Waals surface area contributed by atoms with Crippen molar-refractivity contribution in [2.75, 3.05) is 29.5 Å². The van der Waals surface area contributed by atoms with E-state index in [2.05, 4.69) is 20.4 Å². The third-order valence-electron chi connectivity index (χ3n) is 5.04. The number of oxime groups is 1. The number of nitrogens with zero attached hydrogens (tertiary/aromatic N) is 4. The van der Waals surface area contributed by atoms with Crippen LogP contribution in [0.3, 0.4) is 0 Å². The summed E-state index contributed by atoms with van der Waals surface area (Å²) >= 11 is 0. The van der Waals surface area contributed by atoms with Crippen molar-refractivity contribution in [1.82, 2.24) is 15.3 Å². The van der Waals surface area contributed by atoms with Crippen molar-refractivity contribution in [3.8, 4) is 0 Å². The zero-order valence-corrected chi connectivity index (χ0v) is 15.1. The van der Waals surface area contributed by atoms with E-state index in [4.69, 9.17) is 4.84 Å². The first-order valence-corrected chi connectivity index (χ1v) is 10.6. The number of carbonyl (C=O) groups excluding carboxylic acids is 1. The minimum absolute atomic E-state index is 0.00283. The van der Waals surface area contributed by atoms with Crippen LogP contribution in [0.25, 0.3) is 0 Å². The molecule has 0 saturated carbocycles. The first-order valence-electron chi connectivity index (χ1n) is 8.73. The van der Waals surface area contributed by atoms with Crippen LogP contribution >= 0.6 is 0 Å². The molecule has 3 aliphatic heterocycles. The summed E-state index contributed by atoms with van der Waals surface area (Å²) in [5, 5.41) is 6.78. The fourth-order valence-electron chi connectivity index (χ4n) is 3.76. The van der Waals surface area contributed by atoms with E-state index in [1.165, 1.54) is 0 Å². The number of rotatable bonds is 3. The Bertz CT molecular complexity index is 828. The first kappa shape index (κ1) is 17.2. The van der Waals surface area contributed by atoms with Gasteiger partial charge in [0.15, 0.2) is 15.4 Å². The molecule has 2 saturated heterocycles. The molecule has 0 unspecified atom stereocenters. The summed E-state index contributed by atoms with van der Waals surface area (Å²) in [5.74, 6) is 0.426. The van der Waals surface area contributed by atoms with Gasteiger partial charge in [0.05, 0.1) is 18.1 Å². The SMILES string of the molecule is O=C(N[C@H]1CCS(=O)(=O)C1)C1=NO[C@@]2(CCCN(c3ncccn3)C2)C1. The minimum atomic E-state index is -3.04. The van der Waals surface area contributed by atoms with Gasteiger partial charge in [0.25, 0.3) is 5.91 Å². The number of aromatic nitrogens is 2. The number of piperidine rings is 1. The van der Waals surface area contributed by atoms with E-state index in [0.717, 1.165) is 19.4 Å². The van der Waals surface area contributed by atoms with Crippen LogP contribution in [0.5, 0.6) is 0 Å². The Morgan fingerprint density at radius 3 is 2.88 bits per heavy atom. The number of carbonyl (C=O) groups is 1. The summed E-state index contributed by atoms with van der Waals surface area (Å²) in [6.07, 6.45) is 5.94. The van der Waals surface area contributed by atoms with Crippen LogP contribution in [-0.4, -0.2) is 66.2 Å². The molecule has 2 atom stereocenters. The molecule has 4 heterocycles. The Kier molecular flexibility index (Phi) is 4.29. The van der Waals surface area contributed by atoms with E-state index >= 15 is 0 Å². The number of sulfone groups is 1. The molecule has 3 aliphatic rings. The topological polar surface area (TPSA) is 114 Å². The fraction of sp³-hybridized carbons (Fsp3) is 0.625. The van der Waals surface area contributed by atoms with Crippen LogP contribution in [-0.2, 0) is 19.5 Å². The van der Waals surface area contributed by atoms with Crippen LogP contribution in [0.4, 0.5) is 5.95 Å². The van der Waals surface area contributed by atoms with Gasteiger partial charge in [0, 0.05) is 31.4 Å². The van der Waals surface area contributed by atoms with Gasteiger partial charge in [-0.25, -0.2) is 18.4 Å². The molecule has 1 N–H and O–H groups in total. The van der Waals surface area contributed by atoms with Crippen LogP contribution in [0, 0.1) is 0 Å². The molecule has 2 fully saturated rings. The number of hydrogen-bond acceptors (Lipinski definition) is 8. The van der Waals surface area contributed by atoms with Gasteiger partial charge in [-0.1, -0.05) is 5.16 Å². The maximum atomic E-state index is 12.4. The second kappa shape index (κ2) is 6.49. The minimum Gasteiger partial charge on any atom is -0.386 e. The summed E-state index contributed by atoms with van der Waals surface area (Å²) in [4.78, 5) is 28.7. The van der Waals surface area contributed by atoms with Crippen molar-refractivity contribution in [3.63, 3.8) is 0 Å². The largest absolute Gasteiger partial charge is 0.386 e. The quantitative estimate of drug-likeness (QED) is 0.780. The molecule has 0 aliphatic carbocycles. The zero-order valence-electron chi connectivity index (χ0n) is 14.3. The van der Waals surface area contributed by atoms with Crippen molar-refractivity contribution in [2.45, 2.75) is 37.3 Å². The lowest BCUT2D eigenvalue weighted by Gasteiger charge is -2.38. The highest BCUT2D eigenvalue weighted by Gasteiger charge is 2.45. The smallest absolute Gasteiger partial charge is 0.269 e. The zero-order chi connectivity index (χ0) is 18.2. The second-order valence-corrected chi connectivity index (χ2v) is 9.37. The highest BCUT2D eigenvalue weighted by atomic mass is 32.2. The summed E-state index contributed by atoms with van der Waals surface area (Å²) in [7, 11) is -3.04. The average Bonchev–Trinajstić information content (AvgIpc) is 3.19. The van der Waals surface area contributed by atoms with Crippen LogP contribution in [0.1, 0.15) is 25.7 Å². The Balaban J connectivity index is 1.38. The van der Waals surface area contributed by atoms with E-state index < -0.39 is 15.4 Å². The molecular formula is C16H21N5O4S. The van der Waals surface area contributed by atoms with E-state index in [-0.39, 0.29) is 23.5 Å². The van der Waals surface area contributed by atoms with E-state index in [1.807, 2.05) is 4.90 Å². The molecule has 0 bridgehead atoms. The lowest BCUT2D eigenvalue weighted by atomic mass is 9.88. The van der Waals surface area contributed by atoms with Gasteiger partial charge in [-0.3, -0.25) is 4.79 Å². The van der Waals surface area contributed by atoms with E-state index in [1.54, 1.807) is 18.5 Å². The van der Waals surface area contributed by atoms with Gasteiger partial charge in [-0.2, -0.15) is 0 Å². The van der Waals surface area contributed by atoms with Crippen LogP contribution in [0.15, 0.2) is 23.6 Å². The normalized spacial score (nSPS) is 30.1. The summed E-state index contributed by atoms with van der Waals surface area (Å²) in [6.45, 7) is 1.39. The van der Waals surface area contributed by atoms with Gasteiger partial charge >= 0.3 is 0 Å². The van der Waals surface area contributed by atoms with Crippen molar-refractivity contribution in [2.24, 2.45) is 5.16 Å². The molecular weight excluding hydrogens is 358 g/mol. The van der Waals surface area contributed by atoms with Crippen molar-refractivity contribution >= 4 is 27.4 Å². The molecule has 1 spiro atoms. The van der Waals surface area contributed by atoms with Crippen molar-refractivity contribution in [1.29, 1.82) is 0 Å². The van der Waals surface area contributed by atoms with Crippen LogP contribution < -0.4 is 10.2 Å². The number of anilines is 1. The molecule has 9 nitrogen and oxygen atoms in total. The lowest BCUT2D eigenvalue weighted by molar-refractivity contribution is -0.115. The molecule has 1 aromatic rings. The molecule has 0 radical (unpaired) electrons. The third kappa shape index (κ3) is 3.50. The summed E-state index contributed by atoms with van der Waals surface area (Å²) in [6, 6.07) is 1.43. The molecule has 10 heteroatoms. The Labute approximate surface area is 151 Å². The standard InChI is InChI=1S/C16H21N5O4S/c22-14(19-12-3-8-26(23,24)10-12)13-9-16(25-20-13)4-1-7-21(11-16)15-17-5-2-6-18-15/h2,5-6,12H,1,3-4,7-11H2,(H,19,22)/t12-,16-/m0/s1. The van der Waals surface area contributed by atoms with Crippen molar-refractivity contribution < 1.29 is 18.0 Å². The Morgan fingerprint density at radius 2 is 2.15 bits per heavy atom. The number of hydrogen-bond donors (Lipinski definition) is 1. The van der Waals surface area contributed by atoms with Crippen LogP contribution in [0.2, 0.25) is 0 Å². The van der Waals surface area contributed by atoms with Crippen molar-refractivity contribution in [3.05, 3.63) is 18.5 Å². The molecule has 26 heavy (non-hydrogen) atoms. The monoisotopic (exact) mass is 379 g/mol. The highest BCUT2D eigenvalue weighted by molar-refractivity contribution is 7.91. The summed E-state index contributed by atoms with van der Waals surface area (Å²) < 4.78 is 23.1. The van der Waals surface area contributed by atoms with Gasteiger partial charge in [0.1, 0.15) is 5.71 Å². The van der Waals surface area contributed by atoms with Gasteiger partial charge < -0.3 is 15.1 Å². The highest BCUT2D eigenvalue weighted by Crippen LogP contribution is 2.34. The van der Waals surface area contributed by atoms with E-state index in [0.29, 0.717) is 31.0 Å². The summed E-state index contributed by atoms with van der Waals surface area (Å²) in [5.41, 5.74) is -0.226. The first-order chi connectivity index (χ1) is 12.4. The number of amides is 1. The van der Waals surface area contributed by atoms with Gasteiger partial charge in [-0.15, -0.1) is 0 Å². The van der Waals surface area contributed by atoms with Gasteiger partial charge in [-0.05, 0) is 25.3 Å². The maximum absolute atomic E-state index is 12.4. The molecule has 1 amide bonds. The second-order valence-electron chi connectivity index (χ2n) is 7.14. The maximum Gasteiger partial charge on any atom is 0.269 e. The van der Waals surface area contributed by atoms with E-state index in [9.17, 15) is 13.2 Å². The Hall–Kier alpha value is -2.23. The molecule has 4 rings (SSSR count). The fourth-order valence-corrected chi connectivity index (χ4v) is 5.44. The third-order valence-corrected chi connectivity index (χ3v) is 6.81. The molecule has 1 aromatic heterocycles. The average molecular weight is 379 g/mol. The Morgan fingerprint density at radius 1 is 1.35 bits per heavy atom.